The number of guanidine groups is 1. The van der Waals surface area contributed by atoms with Gasteiger partial charge in [0.15, 0.2) is 5.96 Å². The molecule has 6 heteroatoms. The maximum atomic E-state index is 4.35. The van der Waals surface area contributed by atoms with Gasteiger partial charge in [-0.25, -0.2) is 0 Å². The van der Waals surface area contributed by atoms with Crippen molar-refractivity contribution in [2.45, 2.75) is 32.4 Å². The number of aliphatic imine (C=N–C) groups is 1. The molecular formula is C21H27N5S. The van der Waals surface area contributed by atoms with Gasteiger partial charge in [0.2, 0.25) is 0 Å². The number of aromatic nitrogens is 2. The van der Waals surface area contributed by atoms with Gasteiger partial charge in [-0.1, -0.05) is 44.2 Å². The molecule has 3 rings (SSSR count). The molecule has 1 aromatic carbocycles. The standard InChI is InChI=1S/C21H27N5S/c1-21(2,19-9-5-12-27-19)16-24-20(22-3)23-14-17-7-4-8-18(13-17)15-26-11-6-10-25-26/h4-13H,14-16H2,1-3H3,(H2,22,23,24). The van der Waals surface area contributed by atoms with Crippen molar-refractivity contribution in [3.63, 3.8) is 0 Å². The first-order valence-corrected chi connectivity index (χ1v) is 9.98. The minimum atomic E-state index is 0.0649. The van der Waals surface area contributed by atoms with E-state index in [9.17, 15) is 0 Å². The van der Waals surface area contributed by atoms with Gasteiger partial charge >= 0.3 is 0 Å². The van der Waals surface area contributed by atoms with Crippen molar-refractivity contribution >= 4 is 17.3 Å². The van der Waals surface area contributed by atoms with Gasteiger partial charge in [-0.15, -0.1) is 11.3 Å². The summed E-state index contributed by atoms with van der Waals surface area (Å²) in [7, 11) is 1.81. The molecule has 0 aliphatic rings. The van der Waals surface area contributed by atoms with E-state index in [4.69, 9.17) is 0 Å². The van der Waals surface area contributed by atoms with Gasteiger partial charge in [0, 0.05) is 42.8 Å². The molecule has 0 fully saturated rings. The van der Waals surface area contributed by atoms with E-state index in [2.05, 4.69) is 76.4 Å². The molecule has 3 aromatic rings. The topological polar surface area (TPSA) is 54.2 Å². The monoisotopic (exact) mass is 381 g/mol. The van der Waals surface area contributed by atoms with Crippen LogP contribution in [0.3, 0.4) is 0 Å². The van der Waals surface area contributed by atoms with Crippen molar-refractivity contribution in [3.05, 3.63) is 76.2 Å². The second-order valence-corrected chi connectivity index (χ2v) is 8.11. The Bertz CT molecular complexity index is 851. The molecule has 2 heterocycles. The lowest BCUT2D eigenvalue weighted by atomic mass is 9.91. The third-order valence-electron chi connectivity index (χ3n) is 4.46. The number of rotatable bonds is 7. The third kappa shape index (κ3) is 5.44. The molecule has 2 aromatic heterocycles. The summed E-state index contributed by atoms with van der Waals surface area (Å²) >= 11 is 1.79. The molecule has 0 spiro atoms. The minimum absolute atomic E-state index is 0.0649. The van der Waals surface area contributed by atoms with Crippen LogP contribution in [0, 0.1) is 0 Å². The van der Waals surface area contributed by atoms with E-state index in [1.165, 1.54) is 16.0 Å². The quantitative estimate of drug-likeness (QED) is 0.485. The summed E-state index contributed by atoms with van der Waals surface area (Å²) in [4.78, 5) is 5.73. The number of nitrogens with one attached hydrogen (secondary N) is 2. The Balaban J connectivity index is 1.53. The molecule has 0 aliphatic heterocycles. The first-order chi connectivity index (χ1) is 13.1. The summed E-state index contributed by atoms with van der Waals surface area (Å²) < 4.78 is 1.93. The van der Waals surface area contributed by atoms with Crippen LogP contribution in [0.15, 0.2) is 65.2 Å². The lowest BCUT2D eigenvalue weighted by molar-refractivity contribution is 0.518. The maximum absolute atomic E-state index is 4.35. The molecule has 0 saturated heterocycles. The van der Waals surface area contributed by atoms with Gasteiger partial charge in [-0.2, -0.15) is 5.10 Å². The van der Waals surface area contributed by atoms with Crippen LogP contribution in [0.2, 0.25) is 0 Å². The predicted molar refractivity (Wildman–Crippen MR) is 113 cm³/mol. The van der Waals surface area contributed by atoms with Crippen molar-refractivity contribution in [2.75, 3.05) is 13.6 Å². The molecule has 5 nitrogen and oxygen atoms in total. The zero-order valence-corrected chi connectivity index (χ0v) is 17.0. The molecule has 0 bridgehead atoms. The molecular weight excluding hydrogens is 354 g/mol. The zero-order valence-electron chi connectivity index (χ0n) is 16.1. The average molecular weight is 382 g/mol. The summed E-state index contributed by atoms with van der Waals surface area (Å²) in [6.07, 6.45) is 3.78. The van der Waals surface area contributed by atoms with Crippen LogP contribution < -0.4 is 10.6 Å². The van der Waals surface area contributed by atoms with Crippen LogP contribution in [0.25, 0.3) is 0 Å². The van der Waals surface area contributed by atoms with E-state index in [-0.39, 0.29) is 5.41 Å². The summed E-state index contributed by atoms with van der Waals surface area (Å²) in [6.45, 7) is 6.83. The molecule has 0 atom stereocenters. The second kappa shape index (κ2) is 8.86. The van der Waals surface area contributed by atoms with Crippen LogP contribution >= 0.6 is 11.3 Å². The Morgan fingerprint density at radius 1 is 1.15 bits per heavy atom. The van der Waals surface area contributed by atoms with E-state index >= 15 is 0 Å². The number of hydrogen-bond acceptors (Lipinski definition) is 3. The molecule has 27 heavy (non-hydrogen) atoms. The van der Waals surface area contributed by atoms with Crippen molar-refractivity contribution in [2.24, 2.45) is 4.99 Å². The van der Waals surface area contributed by atoms with Gasteiger partial charge in [0.05, 0.1) is 6.54 Å². The SMILES string of the molecule is CN=C(NCc1cccc(Cn2cccn2)c1)NCC(C)(C)c1cccs1. The van der Waals surface area contributed by atoms with Gasteiger partial charge in [0.25, 0.3) is 0 Å². The maximum Gasteiger partial charge on any atom is 0.191 e. The normalized spacial score (nSPS) is 12.2. The first kappa shape index (κ1) is 19.2. The fourth-order valence-electron chi connectivity index (χ4n) is 2.88. The molecule has 0 unspecified atom stereocenters. The average Bonchev–Trinajstić information content (AvgIpc) is 3.36. The Morgan fingerprint density at radius 3 is 2.70 bits per heavy atom. The fraction of sp³-hybridized carbons (Fsp3) is 0.333. The van der Waals surface area contributed by atoms with Crippen LogP contribution in [0.1, 0.15) is 29.9 Å². The summed E-state index contributed by atoms with van der Waals surface area (Å²) in [6, 6.07) is 14.8. The number of benzene rings is 1. The van der Waals surface area contributed by atoms with Gasteiger partial charge in [0.1, 0.15) is 0 Å². The van der Waals surface area contributed by atoms with Crippen molar-refractivity contribution in [3.8, 4) is 0 Å². The number of hydrogen-bond donors (Lipinski definition) is 2. The van der Waals surface area contributed by atoms with Crippen LogP contribution in [0.4, 0.5) is 0 Å². The third-order valence-corrected chi connectivity index (χ3v) is 5.70. The van der Waals surface area contributed by atoms with Crippen molar-refractivity contribution < 1.29 is 0 Å². The number of thiophene rings is 1. The highest BCUT2D eigenvalue weighted by molar-refractivity contribution is 7.10. The molecule has 0 aliphatic carbocycles. The summed E-state index contributed by atoms with van der Waals surface area (Å²) in [5, 5.41) is 13.3. The van der Waals surface area contributed by atoms with Gasteiger partial charge in [-0.05, 0) is 28.6 Å². The largest absolute Gasteiger partial charge is 0.356 e. The molecule has 0 saturated carbocycles. The smallest absolute Gasteiger partial charge is 0.191 e. The molecule has 142 valence electrons. The number of nitrogens with zero attached hydrogens (tertiary/aromatic N) is 3. The van der Waals surface area contributed by atoms with Crippen molar-refractivity contribution in [1.82, 2.24) is 20.4 Å². The fourth-order valence-corrected chi connectivity index (χ4v) is 3.73. The minimum Gasteiger partial charge on any atom is -0.356 e. The van der Waals surface area contributed by atoms with Crippen LogP contribution in [-0.2, 0) is 18.5 Å². The highest BCUT2D eigenvalue weighted by Crippen LogP contribution is 2.26. The summed E-state index contributed by atoms with van der Waals surface area (Å²) in [5.74, 6) is 0.817. The lowest BCUT2D eigenvalue weighted by Gasteiger charge is -2.25. The Labute approximate surface area is 165 Å². The summed E-state index contributed by atoms with van der Waals surface area (Å²) in [5.41, 5.74) is 2.52. The molecule has 0 amide bonds. The van der Waals surface area contributed by atoms with Gasteiger partial charge < -0.3 is 10.6 Å². The van der Waals surface area contributed by atoms with E-state index < -0.39 is 0 Å². The van der Waals surface area contributed by atoms with Gasteiger partial charge in [-0.3, -0.25) is 9.67 Å². The van der Waals surface area contributed by atoms with E-state index in [0.29, 0.717) is 0 Å². The lowest BCUT2D eigenvalue weighted by Crippen LogP contribution is -2.42. The molecule has 2 N–H and O–H groups in total. The Hall–Kier alpha value is -2.60. The second-order valence-electron chi connectivity index (χ2n) is 7.16. The van der Waals surface area contributed by atoms with Crippen LogP contribution in [-0.4, -0.2) is 29.3 Å². The zero-order chi connectivity index (χ0) is 19.1. The first-order valence-electron chi connectivity index (χ1n) is 9.10. The highest BCUT2D eigenvalue weighted by Gasteiger charge is 2.21. The van der Waals surface area contributed by atoms with E-state index in [1.54, 1.807) is 17.5 Å². The Kier molecular flexibility index (Phi) is 6.29. The Morgan fingerprint density at radius 2 is 2.00 bits per heavy atom. The molecule has 0 radical (unpaired) electrons. The van der Waals surface area contributed by atoms with E-state index in [0.717, 1.165) is 25.6 Å². The van der Waals surface area contributed by atoms with E-state index in [1.807, 2.05) is 24.0 Å². The highest BCUT2D eigenvalue weighted by atomic mass is 32.1. The van der Waals surface area contributed by atoms with Crippen LogP contribution in [0.5, 0.6) is 0 Å². The predicted octanol–water partition coefficient (Wildman–Crippen LogP) is 3.64. The van der Waals surface area contributed by atoms with Crippen molar-refractivity contribution in [1.29, 1.82) is 0 Å².